The van der Waals surface area contributed by atoms with Crippen LogP contribution in [0.25, 0.3) is 5.76 Å². The van der Waals surface area contributed by atoms with Crippen LogP contribution in [-0.4, -0.2) is 33.3 Å². The van der Waals surface area contributed by atoms with Crippen molar-refractivity contribution < 1.29 is 19.8 Å². The Labute approximate surface area is 158 Å². The number of aromatic hydroxyl groups is 1. The average molecular weight is 365 g/mol. The summed E-state index contributed by atoms with van der Waals surface area (Å²) < 4.78 is 0. The Balaban J connectivity index is 2.14. The predicted octanol–water partition coefficient (Wildman–Crippen LogP) is 3.92. The molecular formula is C22H23NO4. The highest BCUT2D eigenvalue weighted by Gasteiger charge is 2.45. The summed E-state index contributed by atoms with van der Waals surface area (Å²) in [5.41, 5.74) is 2.30. The second kappa shape index (κ2) is 7.66. The zero-order chi connectivity index (χ0) is 19.6. The average Bonchev–Trinajstić information content (AvgIpc) is 2.91. The number of carbonyl (C=O) groups excluding carboxylic acids is 2. The van der Waals surface area contributed by atoms with E-state index in [0.717, 1.165) is 18.4 Å². The van der Waals surface area contributed by atoms with Gasteiger partial charge in [0.15, 0.2) is 0 Å². The lowest BCUT2D eigenvalue weighted by atomic mass is 9.95. The predicted molar refractivity (Wildman–Crippen MR) is 103 cm³/mol. The maximum Gasteiger partial charge on any atom is 0.295 e. The Morgan fingerprint density at radius 2 is 1.67 bits per heavy atom. The van der Waals surface area contributed by atoms with Crippen LogP contribution in [0, 0.1) is 6.92 Å². The van der Waals surface area contributed by atoms with Crippen LogP contribution in [0.5, 0.6) is 5.75 Å². The normalized spacial score (nSPS) is 18.9. The number of benzene rings is 2. The standard InChI is InChI=1S/C22H23NO4/c1-3-4-13-23-19(15-9-11-17(24)12-10-15)18(21(26)22(23)27)20(25)16-7-5-14(2)6-8-16/h5-12,19,24-25H,3-4,13H2,1-2H3/b20-18-. The first kappa shape index (κ1) is 18.7. The monoisotopic (exact) mass is 365 g/mol. The molecule has 5 nitrogen and oxygen atoms in total. The molecule has 1 unspecified atom stereocenters. The minimum Gasteiger partial charge on any atom is -0.508 e. The molecular weight excluding hydrogens is 342 g/mol. The topological polar surface area (TPSA) is 77.8 Å². The number of phenolic OH excluding ortho intramolecular Hbond substituents is 1. The summed E-state index contributed by atoms with van der Waals surface area (Å²) in [7, 11) is 0. The fourth-order valence-corrected chi connectivity index (χ4v) is 3.31. The van der Waals surface area contributed by atoms with Crippen molar-refractivity contribution in [3.8, 4) is 5.75 Å². The maximum atomic E-state index is 12.8. The molecule has 1 aliphatic heterocycles. The summed E-state index contributed by atoms with van der Waals surface area (Å²) in [6, 6.07) is 12.9. The van der Waals surface area contributed by atoms with E-state index in [4.69, 9.17) is 0 Å². The van der Waals surface area contributed by atoms with E-state index < -0.39 is 17.7 Å². The highest BCUT2D eigenvalue weighted by atomic mass is 16.3. The third kappa shape index (κ3) is 3.58. The first-order chi connectivity index (χ1) is 12.9. The number of amides is 1. The van der Waals surface area contributed by atoms with E-state index in [2.05, 4.69) is 0 Å². The fraction of sp³-hybridized carbons (Fsp3) is 0.273. The van der Waals surface area contributed by atoms with Crippen LogP contribution < -0.4 is 0 Å². The fourth-order valence-electron chi connectivity index (χ4n) is 3.31. The minimum atomic E-state index is -0.678. The smallest absolute Gasteiger partial charge is 0.295 e. The molecule has 1 saturated heterocycles. The third-order valence-electron chi connectivity index (χ3n) is 4.83. The molecule has 0 saturated carbocycles. The molecule has 2 aromatic rings. The van der Waals surface area contributed by atoms with E-state index in [1.807, 2.05) is 26.0 Å². The summed E-state index contributed by atoms with van der Waals surface area (Å²) in [6.07, 6.45) is 1.63. The van der Waals surface area contributed by atoms with Crippen LogP contribution in [0.1, 0.15) is 42.5 Å². The first-order valence-electron chi connectivity index (χ1n) is 9.08. The Morgan fingerprint density at radius 1 is 1.04 bits per heavy atom. The van der Waals surface area contributed by atoms with Crippen LogP contribution >= 0.6 is 0 Å². The van der Waals surface area contributed by atoms with Gasteiger partial charge in [0.2, 0.25) is 0 Å². The molecule has 27 heavy (non-hydrogen) atoms. The number of hydrogen-bond donors (Lipinski definition) is 2. The Hall–Kier alpha value is -3.08. The lowest BCUT2D eigenvalue weighted by molar-refractivity contribution is -0.139. The van der Waals surface area contributed by atoms with Gasteiger partial charge in [-0.2, -0.15) is 0 Å². The number of aliphatic hydroxyl groups excluding tert-OH is 1. The highest BCUT2D eigenvalue weighted by molar-refractivity contribution is 6.46. The molecule has 0 bridgehead atoms. The summed E-state index contributed by atoms with van der Waals surface area (Å²) in [5, 5.41) is 20.4. The number of aryl methyl sites for hydroxylation is 1. The molecule has 0 radical (unpaired) electrons. The number of carbonyl (C=O) groups is 2. The van der Waals surface area contributed by atoms with Gasteiger partial charge >= 0.3 is 0 Å². The summed E-state index contributed by atoms with van der Waals surface area (Å²) in [5.74, 6) is -1.36. The number of phenols is 1. The Kier molecular flexibility index (Phi) is 5.31. The van der Waals surface area contributed by atoms with Crippen molar-refractivity contribution in [2.45, 2.75) is 32.7 Å². The largest absolute Gasteiger partial charge is 0.508 e. The lowest BCUT2D eigenvalue weighted by Crippen LogP contribution is -2.30. The van der Waals surface area contributed by atoms with Gasteiger partial charge in [0.1, 0.15) is 11.5 Å². The molecule has 1 amide bonds. The van der Waals surface area contributed by atoms with Crippen molar-refractivity contribution >= 4 is 17.4 Å². The van der Waals surface area contributed by atoms with E-state index in [0.29, 0.717) is 17.7 Å². The van der Waals surface area contributed by atoms with Gasteiger partial charge in [0.25, 0.3) is 11.7 Å². The summed E-state index contributed by atoms with van der Waals surface area (Å²) >= 11 is 0. The van der Waals surface area contributed by atoms with Gasteiger partial charge in [-0.1, -0.05) is 55.3 Å². The third-order valence-corrected chi connectivity index (χ3v) is 4.83. The van der Waals surface area contributed by atoms with E-state index in [9.17, 15) is 19.8 Å². The number of likely N-dealkylation sites (tertiary alicyclic amines) is 1. The van der Waals surface area contributed by atoms with Gasteiger partial charge < -0.3 is 15.1 Å². The second-order valence-electron chi connectivity index (χ2n) is 6.80. The van der Waals surface area contributed by atoms with Crippen molar-refractivity contribution in [2.75, 3.05) is 6.54 Å². The van der Waals surface area contributed by atoms with Crippen molar-refractivity contribution in [3.05, 3.63) is 70.8 Å². The number of nitrogens with zero attached hydrogens (tertiary/aromatic N) is 1. The van der Waals surface area contributed by atoms with Crippen LogP contribution in [0.15, 0.2) is 54.1 Å². The molecule has 1 atom stereocenters. The Bertz CT molecular complexity index is 882. The van der Waals surface area contributed by atoms with Crippen LogP contribution in [0.4, 0.5) is 0 Å². The van der Waals surface area contributed by atoms with E-state index in [1.165, 1.54) is 17.0 Å². The molecule has 1 aliphatic rings. The maximum absolute atomic E-state index is 12.8. The molecule has 2 N–H and O–H groups in total. The van der Waals surface area contributed by atoms with Crippen LogP contribution in [0.2, 0.25) is 0 Å². The number of hydrogen-bond acceptors (Lipinski definition) is 4. The van der Waals surface area contributed by atoms with E-state index >= 15 is 0 Å². The lowest BCUT2D eigenvalue weighted by Gasteiger charge is -2.25. The molecule has 3 rings (SSSR count). The molecule has 0 aromatic heterocycles. The quantitative estimate of drug-likeness (QED) is 0.478. The molecule has 140 valence electrons. The number of unbranched alkanes of at least 4 members (excludes halogenated alkanes) is 1. The number of ketones is 1. The van der Waals surface area contributed by atoms with Crippen LogP contribution in [-0.2, 0) is 9.59 Å². The molecule has 1 heterocycles. The highest BCUT2D eigenvalue weighted by Crippen LogP contribution is 2.39. The van der Waals surface area contributed by atoms with Gasteiger partial charge in [0.05, 0.1) is 11.6 Å². The van der Waals surface area contributed by atoms with Crippen molar-refractivity contribution in [2.24, 2.45) is 0 Å². The van der Waals surface area contributed by atoms with Gasteiger partial charge in [-0.05, 0) is 31.0 Å². The first-order valence-corrected chi connectivity index (χ1v) is 9.08. The van der Waals surface area contributed by atoms with Gasteiger partial charge in [-0.25, -0.2) is 0 Å². The summed E-state index contributed by atoms with van der Waals surface area (Å²) in [6.45, 7) is 4.37. The van der Waals surface area contributed by atoms with Crippen molar-refractivity contribution in [1.29, 1.82) is 0 Å². The number of Topliss-reactive ketones (excluding diaryl/α,β-unsaturated/α-hetero) is 1. The SMILES string of the molecule is CCCCN1C(=O)C(=O)/C(=C(\O)c2ccc(C)cc2)C1c1ccc(O)cc1. The van der Waals surface area contributed by atoms with Gasteiger partial charge in [-0.15, -0.1) is 0 Å². The summed E-state index contributed by atoms with van der Waals surface area (Å²) in [4.78, 5) is 26.9. The zero-order valence-electron chi connectivity index (χ0n) is 15.5. The van der Waals surface area contributed by atoms with Crippen LogP contribution in [0.3, 0.4) is 0 Å². The number of rotatable bonds is 5. The Morgan fingerprint density at radius 3 is 2.26 bits per heavy atom. The van der Waals surface area contributed by atoms with E-state index in [-0.39, 0.29) is 17.1 Å². The minimum absolute atomic E-state index is 0.0886. The molecule has 2 aromatic carbocycles. The molecule has 1 fully saturated rings. The van der Waals surface area contributed by atoms with Crippen molar-refractivity contribution in [1.82, 2.24) is 4.90 Å². The van der Waals surface area contributed by atoms with Gasteiger partial charge in [-0.3, -0.25) is 9.59 Å². The van der Waals surface area contributed by atoms with E-state index in [1.54, 1.807) is 24.3 Å². The molecule has 5 heteroatoms. The second-order valence-corrected chi connectivity index (χ2v) is 6.80. The zero-order valence-corrected chi connectivity index (χ0v) is 15.5. The number of aliphatic hydroxyl groups is 1. The van der Waals surface area contributed by atoms with Gasteiger partial charge in [0, 0.05) is 12.1 Å². The van der Waals surface area contributed by atoms with Crippen molar-refractivity contribution in [3.63, 3.8) is 0 Å². The molecule has 0 aliphatic carbocycles. The molecule has 0 spiro atoms.